The minimum absolute atomic E-state index is 0.0257. The summed E-state index contributed by atoms with van der Waals surface area (Å²) in [4.78, 5) is 12.8. The normalized spacial score (nSPS) is 9.75. The van der Waals surface area contributed by atoms with Gasteiger partial charge >= 0.3 is 0 Å². The standard InChI is InChI=1S/C11H14BrNO3/c1-13(2)11(14)7-16-10-5-4-8(15-3)6-9(10)12/h4-6H,7H2,1-3H3. The maximum atomic E-state index is 11.3. The fraction of sp³-hybridized carbons (Fsp3) is 0.364. The highest BCUT2D eigenvalue weighted by Crippen LogP contribution is 2.28. The van der Waals surface area contributed by atoms with Gasteiger partial charge in [-0.05, 0) is 34.1 Å². The number of ether oxygens (including phenoxy) is 2. The second-order valence-corrected chi connectivity index (χ2v) is 4.23. The summed E-state index contributed by atoms with van der Waals surface area (Å²) in [6, 6.07) is 5.32. The number of benzene rings is 1. The summed E-state index contributed by atoms with van der Waals surface area (Å²) in [5, 5.41) is 0. The van der Waals surface area contributed by atoms with Crippen molar-refractivity contribution in [2.24, 2.45) is 0 Å². The van der Waals surface area contributed by atoms with Crippen LogP contribution >= 0.6 is 15.9 Å². The van der Waals surface area contributed by atoms with Crippen LogP contribution in [0.4, 0.5) is 0 Å². The van der Waals surface area contributed by atoms with E-state index < -0.39 is 0 Å². The average molecular weight is 288 g/mol. The van der Waals surface area contributed by atoms with Crippen LogP contribution in [-0.2, 0) is 4.79 Å². The predicted molar refractivity (Wildman–Crippen MR) is 64.9 cm³/mol. The van der Waals surface area contributed by atoms with E-state index in [1.807, 2.05) is 0 Å². The van der Waals surface area contributed by atoms with Gasteiger partial charge in [-0.3, -0.25) is 4.79 Å². The molecular formula is C11H14BrNO3. The molecule has 0 saturated heterocycles. The Morgan fingerprint density at radius 2 is 2.12 bits per heavy atom. The molecule has 0 atom stereocenters. The van der Waals surface area contributed by atoms with Crippen molar-refractivity contribution < 1.29 is 14.3 Å². The number of hydrogen-bond donors (Lipinski definition) is 0. The van der Waals surface area contributed by atoms with Crippen molar-refractivity contribution in [1.82, 2.24) is 4.90 Å². The molecule has 1 rings (SSSR count). The molecule has 0 aliphatic carbocycles. The lowest BCUT2D eigenvalue weighted by Crippen LogP contribution is -2.27. The van der Waals surface area contributed by atoms with E-state index in [9.17, 15) is 4.79 Å². The summed E-state index contributed by atoms with van der Waals surface area (Å²) < 4.78 is 11.2. The summed E-state index contributed by atoms with van der Waals surface area (Å²) in [7, 11) is 4.97. The van der Waals surface area contributed by atoms with Gasteiger partial charge in [0, 0.05) is 14.1 Å². The Morgan fingerprint density at radius 1 is 1.44 bits per heavy atom. The molecule has 1 aromatic rings. The lowest BCUT2D eigenvalue weighted by molar-refractivity contribution is -0.130. The predicted octanol–water partition coefficient (Wildman–Crippen LogP) is 1.92. The lowest BCUT2D eigenvalue weighted by atomic mass is 10.3. The van der Waals surface area contributed by atoms with Gasteiger partial charge in [-0.1, -0.05) is 0 Å². The van der Waals surface area contributed by atoms with E-state index in [-0.39, 0.29) is 12.5 Å². The van der Waals surface area contributed by atoms with Gasteiger partial charge in [0.2, 0.25) is 0 Å². The van der Waals surface area contributed by atoms with Crippen molar-refractivity contribution in [2.75, 3.05) is 27.8 Å². The van der Waals surface area contributed by atoms with Gasteiger partial charge in [0.15, 0.2) is 6.61 Å². The summed E-state index contributed by atoms with van der Waals surface area (Å²) in [6.07, 6.45) is 0. The molecule has 0 unspecified atom stereocenters. The fourth-order valence-electron chi connectivity index (χ4n) is 0.994. The van der Waals surface area contributed by atoms with Gasteiger partial charge in [-0.25, -0.2) is 0 Å². The van der Waals surface area contributed by atoms with Gasteiger partial charge < -0.3 is 14.4 Å². The maximum Gasteiger partial charge on any atom is 0.259 e. The van der Waals surface area contributed by atoms with Crippen LogP contribution in [0.5, 0.6) is 11.5 Å². The van der Waals surface area contributed by atoms with E-state index in [0.717, 1.165) is 10.2 Å². The molecule has 0 N–H and O–H groups in total. The number of amides is 1. The van der Waals surface area contributed by atoms with Crippen molar-refractivity contribution in [3.63, 3.8) is 0 Å². The number of halogens is 1. The third-order valence-corrected chi connectivity index (χ3v) is 2.61. The zero-order valence-electron chi connectivity index (χ0n) is 9.49. The van der Waals surface area contributed by atoms with Crippen LogP contribution in [0, 0.1) is 0 Å². The highest BCUT2D eigenvalue weighted by molar-refractivity contribution is 9.10. The topological polar surface area (TPSA) is 38.8 Å². The van der Waals surface area contributed by atoms with Crippen molar-refractivity contribution in [3.05, 3.63) is 22.7 Å². The Bertz CT molecular complexity index is 379. The molecule has 1 aromatic carbocycles. The summed E-state index contributed by atoms with van der Waals surface area (Å²) in [6.45, 7) is 0.0257. The Hall–Kier alpha value is -1.23. The number of nitrogens with zero attached hydrogens (tertiary/aromatic N) is 1. The fourth-order valence-corrected chi connectivity index (χ4v) is 1.47. The Morgan fingerprint density at radius 3 is 2.62 bits per heavy atom. The Kier molecular flexibility index (Phi) is 4.61. The average Bonchev–Trinajstić information content (AvgIpc) is 2.26. The highest BCUT2D eigenvalue weighted by atomic mass is 79.9. The second kappa shape index (κ2) is 5.75. The minimum Gasteiger partial charge on any atom is -0.497 e. The molecule has 0 spiro atoms. The van der Waals surface area contributed by atoms with E-state index in [1.165, 1.54) is 4.90 Å². The van der Waals surface area contributed by atoms with Crippen LogP contribution in [0.1, 0.15) is 0 Å². The Labute approximate surface area is 103 Å². The maximum absolute atomic E-state index is 11.3. The first-order valence-electron chi connectivity index (χ1n) is 4.71. The van der Waals surface area contributed by atoms with E-state index in [2.05, 4.69) is 15.9 Å². The van der Waals surface area contributed by atoms with Crippen LogP contribution in [0.15, 0.2) is 22.7 Å². The van der Waals surface area contributed by atoms with Crippen LogP contribution in [-0.4, -0.2) is 38.6 Å². The van der Waals surface area contributed by atoms with Gasteiger partial charge in [0.1, 0.15) is 11.5 Å². The number of carbonyl (C=O) groups is 1. The molecule has 0 fully saturated rings. The SMILES string of the molecule is COc1ccc(OCC(=O)N(C)C)c(Br)c1. The second-order valence-electron chi connectivity index (χ2n) is 3.37. The lowest BCUT2D eigenvalue weighted by Gasteiger charge is -2.12. The monoisotopic (exact) mass is 287 g/mol. The molecule has 0 saturated carbocycles. The van der Waals surface area contributed by atoms with Crippen molar-refractivity contribution in [1.29, 1.82) is 0 Å². The van der Waals surface area contributed by atoms with Crippen molar-refractivity contribution in [2.45, 2.75) is 0 Å². The van der Waals surface area contributed by atoms with Crippen molar-refractivity contribution >= 4 is 21.8 Å². The third kappa shape index (κ3) is 3.41. The highest BCUT2D eigenvalue weighted by Gasteiger charge is 2.07. The molecular weight excluding hydrogens is 274 g/mol. The molecule has 0 radical (unpaired) electrons. The molecule has 4 nitrogen and oxygen atoms in total. The molecule has 0 aliphatic rings. The first-order chi connectivity index (χ1) is 7.54. The quantitative estimate of drug-likeness (QED) is 0.849. The van der Waals surface area contributed by atoms with E-state index in [0.29, 0.717) is 5.75 Å². The summed E-state index contributed by atoms with van der Waals surface area (Å²) in [5.74, 6) is 1.27. The van der Waals surface area contributed by atoms with Crippen LogP contribution in [0.25, 0.3) is 0 Å². The first-order valence-corrected chi connectivity index (χ1v) is 5.50. The number of hydrogen-bond acceptors (Lipinski definition) is 3. The van der Waals surface area contributed by atoms with E-state index in [1.54, 1.807) is 39.4 Å². The number of methoxy groups -OCH3 is 1. The van der Waals surface area contributed by atoms with Gasteiger partial charge in [-0.15, -0.1) is 0 Å². The molecule has 0 aromatic heterocycles. The van der Waals surface area contributed by atoms with Crippen LogP contribution in [0.3, 0.4) is 0 Å². The first kappa shape index (κ1) is 12.8. The third-order valence-electron chi connectivity index (χ3n) is 1.99. The molecule has 0 heterocycles. The molecule has 88 valence electrons. The zero-order chi connectivity index (χ0) is 12.1. The number of likely N-dealkylation sites (N-methyl/N-ethyl adjacent to an activating group) is 1. The van der Waals surface area contributed by atoms with Crippen LogP contribution in [0.2, 0.25) is 0 Å². The minimum atomic E-state index is -0.0808. The van der Waals surface area contributed by atoms with E-state index in [4.69, 9.17) is 9.47 Å². The van der Waals surface area contributed by atoms with Crippen LogP contribution < -0.4 is 9.47 Å². The zero-order valence-corrected chi connectivity index (χ0v) is 11.1. The van der Waals surface area contributed by atoms with Gasteiger partial charge in [0.05, 0.1) is 11.6 Å². The molecule has 0 aliphatic heterocycles. The molecule has 0 bridgehead atoms. The Balaban J connectivity index is 2.64. The largest absolute Gasteiger partial charge is 0.497 e. The molecule has 16 heavy (non-hydrogen) atoms. The summed E-state index contributed by atoms with van der Waals surface area (Å²) >= 11 is 3.35. The summed E-state index contributed by atoms with van der Waals surface area (Å²) in [5.41, 5.74) is 0. The van der Waals surface area contributed by atoms with Gasteiger partial charge in [0.25, 0.3) is 5.91 Å². The van der Waals surface area contributed by atoms with Gasteiger partial charge in [-0.2, -0.15) is 0 Å². The smallest absolute Gasteiger partial charge is 0.259 e. The number of carbonyl (C=O) groups excluding carboxylic acids is 1. The molecule has 5 heteroatoms. The van der Waals surface area contributed by atoms with E-state index >= 15 is 0 Å². The number of rotatable bonds is 4. The van der Waals surface area contributed by atoms with Crippen molar-refractivity contribution in [3.8, 4) is 11.5 Å². The molecule has 1 amide bonds.